The molecule has 1 unspecified atom stereocenters. The molecule has 3 aromatic rings. The predicted molar refractivity (Wildman–Crippen MR) is 128 cm³/mol. The first kappa shape index (κ1) is 22.6. The highest BCUT2D eigenvalue weighted by Crippen LogP contribution is 2.26. The van der Waals surface area contributed by atoms with Gasteiger partial charge in [0, 0.05) is 13.6 Å². The van der Waals surface area contributed by atoms with Gasteiger partial charge in [0.2, 0.25) is 5.91 Å². The van der Waals surface area contributed by atoms with Gasteiger partial charge in [-0.1, -0.05) is 72.4 Å². The van der Waals surface area contributed by atoms with Crippen LogP contribution in [0.3, 0.4) is 0 Å². The van der Waals surface area contributed by atoms with Crippen LogP contribution in [0.2, 0.25) is 0 Å². The molecule has 32 heavy (non-hydrogen) atoms. The smallest absolute Gasteiger partial charge is 0.235 e. The number of rotatable bonds is 9. The zero-order valence-corrected chi connectivity index (χ0v) is 19.7. The molecule has 0 bridgehead atoms. The third-order valence-corrected chi connectivity index (χ3v) is 6.88. The number of hydrogen-bond acceptors (Lipinski definition) is 5. The minimum atomic E-state index is -0.248. The lowest BCUT2D eigenvalue weighted by molar-refractivity contribution is -0.129. The summed E-state index contributed by atoms with van der Waals surface area (Å²) in [6.07, 6.45) is 2.49. The van der Waals surface area contributed by atoms with Crippen molar-refractivity contribution in [3.63, 3.8) is 0 Å². The first-order chi connectivity index (χ1) is 15.6. The van der Waals surface area contributed by atoms with Crippen LogP contribution < -0.4 is 0 Å². The van der Waals surface area contributed by atoms with Gasteiger partial charge >= 0.3 is 0 Å². The van der Waals surface area contributed by atoms with Gasteiger partial charge in [0.15, 0.2) is 5.16 Å². The average Bonchev–Trinajstić information content (AvgIpc) is 3.46. The van der Waals surface area contributed by atoms with Crippen LogP contribution in [-0.4, -0.2) is 55.9 Å². The summed E-state index contributed by atoms with van der Waals surface area (Å²) in [5.74, 6) is 1.06. The van der Waals surface area contributed by atoms with E-state index in [1.54, 1.807) is 4.90 Å². The summed E-state index contributed by atoms with van der Waals surface area (Å²) >= 11 is 1.49. The van der Waals surface area contributed by atoms with Crippen molar-refractivity contribution in [3.05, 3.63) is 77.6 Å². The van der Waals surface area contributed by atoms with E-state index in [2.05, 4.69) is 43.9 Å². The summed E-state index contributed by atoms with van der Waals surface area (Å²) in [5, 5.41) is 9.58. The quantitative estimate of drug-likeness (QED) is 0.461. The van der Waals surface area contributed by atoms with Gasteiger partial charge in [-0.05, 0) is 44.0 Å². The number of amides is 1. The van der Waals surface area contributed by atoms with E-state index in [9.17, 15) is 4.79 Å². The van der Waals surface area contributed by atoms with Gasteiger partial charge in [0.25, 0.3) is 0 Å². The minimum Gasteiger partial charge on any atom is -0.340 e. The van der Waals surface area contributed by atoms with Crippen molar-refractivity contribution in [2.75, 3.05) is 20.1 Å². The number of benzene rings is 2. The lowest BCUT2D eigenvalue weighted by atomic mass is 10.2. The van der Waals surface area contributed by atoms with Crippen LogP contribution >= 0.6 is 11.8 Å². The van der Waals surface area contributed by atoms with E-state index < -0.39 is 0 Å². The molecule has 1 fully saturated rings. The van der Waals surface area contributed by atoms with Crippen molar-refractivity contribution in [1.29, 1.82) is 0 Å². The molecule has 7 heteroatoms. The van der Waals surface area contributed by atoms with Crippen molar-refractivity contribution in [3.8, 4) is 0 Å². The van der Waals surface area contributed by atoms with Gasteiger partial charge in [-0.15, -0.1) is 10.2 Å². The zero-order valence-electron chi connectivity index (χ0n) is 18.9. The number of carbonyl (C=O) groups is 1. The molecule has 1 aromatic heterocycles. The maximum Gasteiger partial charge on any atom is 0.235 e. The zero-order chi connectivity index (χ0) is 22.3. The summed E-state index contributed by atoms with van der Waals surface area (Å²) in [7, 11) is 1.86. The highest BCUT2D eigenvalue weighted by Gasteiger charge is 2.24. The Balaban J connectivity index is 1.48. The van der Waals surface area contributed by atoms with E-state index in [4.69, 9.17) is 0 Å². The van der Waals surface area contributed by atoms with E-state index in [1.807, 2.05) is 50.4 Å². The third-order valence-electron chi connectivity index (χ3n) is 5.81. The molecule has 0 saturated carbocycles. The van der Waals surface area contributed by atoms with E-state index in [-0.39, 0.29) is 11.2 Å². The molecule has 0 radical (unpaired) electrons. The fourth-order valence-corrected chi connectivity index (χ4v) is 5.02. The summed E-state index contributed by atoms with van der Waals surface area (Å²) in [4.78, 5) is 17.3. The number of hydrogen-bond donors (Lipinski definition) is 0. The van der Waals surface area contributed by atoms with E-state index in [0.29, 0.717) is 13.1 Å². The predicted octanol–water partition coefficient (Wildman–Crippen LogP) is 4.06. The van der Waals surface area contributed by atoms with Gasteiger partial charge in [-0.3, -0.25) is 9.69 Å². The van der Waals surface area contributed by atoms with Gasteiger partial charge in [0.1, 0.15) is 5.82 Å². The molecule has 168 valence electrons. The van der Waals surface area contributed by atoms with Crippen molar-refractivity contribution in [2.45, 2.75) is 49.8 Å². The number of aromatic nitrogens is 3. The number of likely N-dealkylation sites (tertiary alicyclic amines) is 1. The molecule has 0 N–H and O–H groups in total. The Bertz CT molecular complexity index is 1000. The highest BCUT2D eigenvalue weighted by atomic mass is 32.2. The number of thioether (sulfide) groups is 1. The molecule has 4 rings (SSSR count). The first-order valence-electron chi connectivity index (χ1n) is 11.2. The topological polar surface area (TPSA) is 54.3 Å². The Hall–Kier alpha value is -2.64. The molecular formula is C25H31N5OS. The Morgan fingerprint density at radius 2 is 1.59 bits per heavy atom. The Labute approximate surface area is 194 Å². The number of nitrogens with zero attached hydrogens (tertiary/aromatic N) is 5. The average molecular weight is 450 g/mol. The van der Waals surface area contributed by atoms with Gasteiger partial charge in [0.05, 0.1) is 18.3 Å². The van der Waals surface area contributed by atoms with Gasteiger partial charge < -0.3 is 9.47 Å². The van der Waals surface area contributed by atoms with E-state index >= 15 is 0 Å². The van der Waals surface area contributed by atoms with Crippen molar-refractivity contribution < 1.29 is 4.79 Å². The SMILES string of the molecule is CC(Sc1nnc(CN2CCCC2)n1Cc1ccccc1)C(=O)N(C)Cc1ccccc1. The molecule has 1 saturated heterocycles. The fourth-order valence-electron chi connectivity index (χ4n) is 4.04. The standard InChI is InChI=1S/C25H31N5OS/c1-20(24(31)28(2)17-21-11-5-3-6-12-21)32-25-27-26-23(19-29-15-9-10-16-29)30(25)18-22-13-7-4-8-14-22/h3-8,11-14,20H,9-10,15-19H2,1-2H3. The Morgan fingerprint density at radius 3 is 2.25 bits per heavy atom. The number of carbonyl (C=O) groups excluding carboxylic acids is 1. The Kier molecular flexibility index (Phi) is 7.60. The van der Waals surface area contributed by atoms with Crippen LogP contribution in [0.25, 0.3) is 0 Å². The lowest BCUT2D eigenvalue weighted by Gasteiger charge is -2.21. The second kappa shape index (κ2) is 10.8. The van der Waals surface area contributed by atoms with E-state index in [1.165, 1.54) is 30.2 Å². The van der Waals surface area contributed by atoms with Crippen molar-refractivity contribution in [1.82, 2.24) is 24.6 Å². The fraction of sp³-hybridized carbons (Fsp3) is 0.400. The lowest BCUT2D eigenvalue weighted by Crippen LogP contribution is -2.33. The summed E-state index contributed by atoms with van der Waals surface area (Å²) in [6, 6.07) is 20.5. The Morgan fingerprint density at radius 1 is 0.969 bits per heavy atom. The van der Waals surface area contributed by atoms with Gasteiger partial charge in [-0.25, -0.2) is 0 Å². The maximum atomic E-state index is 13.0. The van der Waals surface area contributed by atoms with Gasteiger partial charge in [-0.2, -0.15) is 0 Å². The second-order valence-corrected chi connectivity index (χ2v) is 9.70. The minimum absolute atomic E-state index is 0.0919. The highest BCUT2D eigenvalue weighted by molar-refractivity contribution is 8.00. The summed E-state index contributed by atoms with van der Waals surface area (Å²) in [5.41, 5.74) is 2.33. The first-order valence-corrected chi connectivity index (χ1v) is 12.1. The molecule has 0 spiro atoms. The molecule has 1 aliphatic heterocycles. The maximum absolute atomic E-state index is 13.0. The van der Waals surface area contributed by atoms with Crippen LogP contribution in [0.15, 0.2) is 65.8 Å². The molecule has 6 nitrogen and oxygen atoms in total. The van der Waals surface area contributed by atoms with Crippen LogP contribution in [-0.2, 0) is 24.4 Å². The summed E-state index contributed by atoms with van der Waals surface area (Å²) < 4.78 is 2.18. The molecule has 1 aliphatic rings. The molecule has 1 amide bonds. The second-order valence-electron chi connectivity index (χ2n) is 8.39. The van der Waals surface area contributed by atoms with E-state index in [0.717, 1.165) is 36.2 Å². The molecule has 2 aromatic carbocycles. The third kappa shape index (κ3) is 5.78. The van der Waals surface area contributed by atoms with Crippen LogP contribution in [0.5, 0.6) is 0 Å². The molecule has 0 aliphatic carbocycles. The normalized spacial score (nSPS) is 15.1. The largest absolute Gasteiger partial charge is 0.340 e. The molecule has 1 atom stereocenters. The van der Waals surface area contributed by atoms with Crippen LogP contribution in [0.4, 0.5) is 0 Å². The van der Waals surface area contributed by atoms with Crippen LogP contribution in [0.1, 0.15) is 36.7 Å². The molecular weight excluding hydrogens is 418 g/mol. The molecule has 2 heterocycles. The van der Waals surface area contributed by atoms with Crippen LogP contribution in [0, 0.1) is 0 Å². The summed E-state index contributed by atoms with van der Waals surface area (Å²) in [6.45, 7) is 6.29. The van der Waals surface area contributed by atoms with Crippen molar-refractivity contribution in [2.24, 2.45) is 0 Å². The van der Waals surface area contributed by atoms with Crippen molar-refractivity contribution >= 4 is 17.7 Å². The monoisotopic (exact) mass is 449 g/mol.